The van der Waals surface area contributed by atoms with E-state index in [0.717, 1.165) is 64.2 Å². The Morgan fingerprint density at radius 3 is 3.04 bits per heavy atom. The van der Waals surface area contributed by atoms with E-state index in [0.29, 0.717) is 12.1 Å². The van der Waals surface area contributed by atoms with Crippen molar-refractivity contribution in [2.45, 2.75) is 63.8 Å². The Hall–Kier alpha value is -1.28. The molecule has 0 radical (unpaired) electrons. The second-order valence-corrected chi connectivity index (χ2v) is 9.49. The van der Waals surface area contributed by atoms with Crippen molar-refractivity contribution < 1.29 is 4.74 Å². The number of hydrogen-bond donors (Lipinski definition) is 1. The van der Waals surface area contributed by atoms with Crippen LogP contribution in [0, 0.1) is 0 Å². The minimum absolute atomic E-state index is 0.0668. The fourth-order valence-corrected chi connectivity index (χ4v) is 5.92. The molecule has 3 aliphatic rings. The maximum absolute atomic E-state index is 6.46. The van der Waals surface area contributed by atoms with E-state index >= 15 is 0 Å². The van der Waals surface area contributed by atoms with Gasteiger partial charge in [-0.15, -0.1) is 16.4 Å². The zero-order valence-electron chi connectivity index (χ0n) is 16.3. The predicted molar refractivity (Wildman–Crippen MR) is 106 cm³/mol. The molecule has 2 aromatic heterocycles. The Labute approximate surface area is 164 Å². The number of fused-ring (bicyclic) bond motifs is 2. The summed E-state index contributed by atoms with van der Waals surface area (Å²) in [7, 11) is 0. The van der Waals surface area contributed by atoms with Crippen molar-refractivity contribution in [1.29, 1.82) is 0 Å². The summed E-state index contributed by atoms with van der Waals surface area (Å²) in [5.41, 5.74) is 2.51. The fraction of sp³-hybridized carbons (Fsp3) is 0.700. The summed E-state index contributed by atoms with van der Waals surface area (Å²) < 4.78 is 8.48. The van der Waals surface area contributed by atoms with Crippen molar-refractivity contribution in [1.82, 2.24) is 25.2 Å². The second kappa shape index (κ2) is 6.95. The van der Waals surface area contributed by atoms with Gasteiger partial charge in [0, 0.05) is 48.4 Å². The molecule has 6 nitrogen and oxygen atoms in total. The summed E-state index contributed by atoms with van der Waals surface area (Å²) in [6.45, 7) is 9.41. The number of aromatic nitrogens is 3. The van der Waals surface area contributed by atoms with Gasteiger partial charge in [-0.3, -0.25) is 4.90 Å². The number of nitrogens with zero attached hydrogens (tertiary/aromatic N) is 4. The first kappa shape index (κ1) is 17.8. The molecule has 27 heavy (non-hydrogen) atoms. The first-order valence-corrected chi connectivity index (χ1v) is 11.1. The van der Waals surface area contributed by atoms with Crippen molar-refractivity contribution >= 4 is 11.3 Å². The van der Waals surface area contributed by atoms with Crippen molar-refractivity contribution in [2.24, 2.45) is 0 Å². The van der Waals surface area contributed by atoms with E-state index < -0.39 is 0 Å². The average molecular weight is 388 g/mol. The molecule has 2 atom stereocenters. The van der Waals surface area contributed by atoms with Gasteiger partial charge in [-0.1, -0.05) is 12.1 Å². The Morgan fingerprint density at radius 1 is 1.41 bits per heavy atom. The number of nitrogens with one attached hydrogen (secondary N) is 1. The van der Waals surface area contributed by atoms with Gasteiger partial charge in [0.25, 0.3) is 0 Å². The first-order valence-electron chi connectivity index (χ1n) is 10.3. The normalized spacial score (nSPS) is 29.0. The quantitative estimate of drug-likeness (QED) is 0.874. The molecule has 2 fully saturated rings. The van der Waals surface area contributed by atoms with Crippen LogP contribution in [-0.4, -0.2) is 52.2 Å². The van der Waals surface area contributed by atoms with E-state index in [9.17, 15) is 0 Å². The van der Waals surface area contributed by atoms with Gasteiger partial charge in [0.2, 0.25) is 0 Å². The predicted octanol–water partition coefficient (Wildman–Crippen LogP) is 2.50. The van der Waals surface area contributed by atoms with Crippen LogP contribution in [0.4, 0.5) is 0 Å². The minimum Gasteiger partial charge on any atom is -0.370 e. The SMILES string of the molecule is CCc1cc2c(s1)CCO[C@@]21CCN(Cc2cn(C3CNC3)nn2)[C@@H](C)C1. The van der Waals surface area contributed by atoms with Crippen LogP contribution < -0.4 is 5.32 Å². The summed E-state index contributed by atoms with van der Waals surface area (Å²) in [6, 6.07) is 3.39. The molecule has 1 N–H and O–H groups in total. The van der Waals surface area contributed by atoms with E-state index in [1.807, 2.05) is 16.0 Å². The maximum atomic E-state index is 6.46. The maximum Gasteiger partial charge on any atom is 0.0969 e. The topological polar surface area (TPSA) is 55.2 Å². The van der Waals surface area contributed by atoms with Crippen LogP contribution in [0.2, 0.25) is 0 Å². The second-order valence-electron chi connectivity index (χ2n) is 8.27. The lowest BCUT2D eigenvalue weighted by Crippen LogP contribution is -2.50. The van der Waals surface area contributed by atoms with E-state index in [4.69, 9.17) is 4.74 Å². The van der Waals surface area contributed by atoms with E-state index in [1.54, 1.807) is 4.88 Å². The molecular formula is C20H29N5OS. The molecule has 2 saturated heterocycles. The summed E-state index contributed by atoms with van der Waals surface area (Å²) in [6.07, 6.45) is 6.48. The lowest BCUT2D eigenvalue weighted by atomic mass is 9.79. The molecule has 0 bridgehead atoms. The van der Waals surface area contributed by atoms with Crippen molar-refractivity contribution in [3.05, 3.63) is 33.3 Å². The largest absolute Gasteiger partial charge is 0.370 e. The van der Waals surface area contributed by atoms with Gasteiger partial charge in [0.1, 0.15) is 0 Å². The lowest BCUT2D eigenvalue weighted by Gasteiger charge is -2.47. The Balaban J connectivity index is 1.29. The standard InChI is InChI=1S/C20H29N5OS/c1-3-17-8-18-19(27-17)4-7-26-20(18)5-6-24(14(2)9-20)12-15-13-25(23-22-15)16-10-21-11-16/h8,13-14,16,21H,3-7,9-12H2,1-2H3/t14-,20+/m0/s1. The third-order valence-corrected chi connectivity index (χ3v) is 7.85. The molecule has 1 spiro atoms. The van der Waals surface area contributed by atoms with Gasteiger partial charge in [-0.25, -0.2) is 4.68 Å². The highest BCUT2D eigenvalue weighted by molar-refractivity contribution is 7.12. The third kappa shape index (κ3) is 3.14. The Kier molecular flexibility index (Phi) is 4.58. The minimum atomic E-state index is -0.0668. The summed E-state index contributed by atoms with van der Waals surface area (Å²) in [5.74, 6) is 0. The Morgan fingerprint density at radius 2 is 2.30 bits per heavy atom. The lowest BCUT2D eigenvalue weighted by molar-refractivity contribution is -0.112. The number of hydrogen-bond acceptors (Lipinski definition) is 6. The van der Waals surface area contributed by atoms with Gasteiger partial charge in [0.15, 0.2) is 0 Å². The van der Waals surface area contributed by atoms with Gasteiger partial charge >= 0.3 is 0 Å². The fourth-order valence-electron chi connectivity index (χ4n) is 4.74. The van der Waals surface area contributed by atoms with Crippen LogP contribution in [0.3, 0.4) is 0 Å². The first-order chi connectivity index (χ1) is 13.2. The molecule has 7 heteroatoms. The number of rotatable bonds is 4. The van der Waals surface area contributed by atoms with Crippen LogP contribution in [0.1, 0.15) is 53.7 Å². The average Bonchev–Trinajstić information content (AvgIpc) is 3.24. The molecule has 3 aliphatic heterocycles. The molecule has 5 rings (SSSR count). The third-order valence-electron chi connectivity index (χ3n) is 6.52. The number of likely N-dealkylation sites (tertiary alicyclic amines) is 1. The molecule has 0 unspecified atom stereocenters. The van der Waals surface area contributed by atoms with Crippen molar-refractivity contribution in [3.63, 3.8) is 0 Å². The van der Waals surface area contributed by atoms with Gasteiger partial charge in [0.05, 0.1) is 30.1 Å². The highest BCUT2D eigenvalue weighted by Gasteiger charge is 2.44. The number of piperidine rings is 1. The summed E-state index contributed by atoms with van der Waals surface area (Å²) in [4.78, 5) is 5.61. The molecule has 5 heterocycles. The van der Waals surface area contributed by atoms with Gasteiger partial charge in [-0.2, -0.15) is 0 Å². The number of ether oxygens (including phenoxy) is 1. The monoisotopic (exact) mass is 387 g/mol. The molecule has 146 valence electrons. The molecule has 0 saturated carbocycles. The van der Waals surface area contributed by atoms with Crippen molar-refractivity contribution in [3.8, 4) is 0 Å². The summed E-state index contributed by atoms with van der Waals surface area (Å²) in [5, 5.41) is 12.0. The Bertz CT molecular complexity index is 813. The highest BCUT2D eigenvalue weighted by Crippen LogP contribution is 2.46. The molecule has 0 amide bonds. The number of aryl methyl sites for hydroxylation is 1. The van der Waals surface area contributed by atoms with Gasteiger partial charge in [-0.05, 0) is 37.8 Å². The smallest absolute Gasteiger partial charge is 0.0969 e. The number of thiophene rings is 1. The molecular weight excluding hydrogens is 358 g/mol. The van der Waals surface area contributed by atoms with Crippen LogP contribution in [0.15, 0.2) is 12.3 Å². The van der Waals surface area contributed by atoms with E-state index in [2.05, 4.69) is 46.6 Å². The molecule has 2 aromatic rings. The molecule has 0 aromatic carbocycles. The van der Waals surface area contributed by atoms with Crippen LogP contribution >= 0.6 is 11.3 Å². The van der Waals surface area contributed by atoms with E-state index in [1.165, 1.54) is 10.4 Å². The van der Waals surface area contributed by atoms with Crippen molar-refractivity contribution in [2.75, 3.05) is 26.2 Å². The van der Waals surface area contributed by atoms with Gasteiger partial charge < -0.3 is 10.1 Å². The zero-order valence-corrected chi connectivity index (χ0v) is 17.1. The zero-order chi connectivity index (χ0) is 18.4. The van der Waals surface area contributed by atoms with Crippen LogP contribution in [0.25, 0.3) is 0 Å². The summed E-state index contributed by atoms with van der Waals surface area (Å²) >= 11 is 2.00. The highest BCUT2D eigenvalue weighted by atomic mass is 32.1. The van der Waals surface area contributed by atoms with E-state index in [-0.39, 0.29) is 5.60 Å². The van der Waals surface area contributed by atoms with Crippen LogP contribution in [0.5, 0.6) is 0 Å². The van der Waals surface area contributed by atoms with Crippen LogP contribution in [-0.2, 0) is 29.7 Å². The molecule has 0 aliphatic carbocycles.